The van der Waals surface area contributed by atoms with Gasteiger partial charge in [0.2, 0.25) is 0 Å². The fraction of sp³-hybridized carbons (Fsp3) is 0.444. The minimum absolute atomic E-state index is 0.00561. The highest BCUT2D eigenvalue weighted by Gasteiger charge is 2.30. The van der Waals surface area contributed by atoms with Crippen LogP contribution in [0.3, 0.4) is 0 Å². The maximum Gasteiger partial charge on any atom is 0.171 e. The van der Waals surface area contributed by atoms with E-state index in [1.165, 1.54) is 37.7 Å². The standard InChI is InChI=1S/C27H38N4/c1-20(27(5)18-12-7-13-19-27)29-25(30-21-14-8-6-9-15-21)24(28)31-23-17-11-10-16-22(23)26(2,3)4/h6,8-11,14-17,30-31H,7,12-13,18-19,28H2,1-5H3/b25-24-,29-20+. The van der Waals surface area contributed by atoms with E-state index in [1.807, 2.05) is 36.4 Å². The minimum atomic E-state index is 0.00561. The summed E-state index contributed by atoms with van der Waals surface area (Å²) in [6, 6.07) is 18.4. The van der Waals surface area contributed by atoms with Gasteiger partial charge in [0.05, 0.1) is 0 Å². The van der Waals surface area contributed by atoms with Gasteiger partial charge in [-0.15, -0.1) is 0 Å². The zero-order valence-corrected chi connectivity index (χ0v) is 19.8. The second-order valence-corrected chi connectivity index (χ2v) is 9.99. The van der Waals surface area contributed by atoms with Crippen LogP contribution in [0.1, 0.15) is 72.3 Å². The van der Waals surface area contributed by atoms with Crippen molar-refractivity contribution in [2.24, 2.45) is 16.1 Å². The second-order valence-electron chi connectivity index (χ2n) is 9.99. The summed E-state index contributed by atoms with van der Waals surface area (Å²) >= 11 is 0. The zero-order valence-electron chi connectivity index (χ0n) is 19.8. The van der Waals surface area contributed by atoms with Crippen molar-refractivity contribution < 1.29 is 0 Å². The van der Waals surface area contributed by atoms with Gasteiger partial charge in [0.1, 0.15) is 5.82 Å². The average molecular weight is 419 g/mol. The maximum atomic E-state index is 6.63. The first-order valence-corrected chi connectivity index (χ1v) is 11.4. The molecule has 4 N–H and O–H groups in total. The van der Waals surface area contributed by atoms with Crippen molar-refractivity contribution in [1.29, 1.82) is 0 Å². The molecule has 0 aliphatic heterocycles. The number of nitrogens with zero attached hydrogens (tertiary/aromatic N) is 1. The lowest BCUT2D eigenvalue weighted by atomic mass is 9.73. The number of aliphatic imine (C=N–C) groups is 1. The minimum Gasteiger partial charge on any atom is -0.382 e. The lowest BCUT2D eigenvalue weighted by molar-refractivity contribution is 0.311. The number of hydrogen-bond donors (Lipinski definition) is 3. The van der Waals surface area contributed by atoms with E-state index in [1.54, 1.807) is 0 Å². The molecular formula is C27H38N4. The molecule has 0 atom stereocenters. The molecule has 31 heavy (non-hydrogen) atoms. The van der Waals surface area contributed by atoms with Crippen LogP contribution in [0, 0.1) is 5.41 Å². The highest BCUT2D eigenvalue weighted by Crippen LogP contribution is 2.37. The summed E-state index contributed by atoms with van der Waals surface area (Å²) in [7, 11) is 0. The smallest absolute Gasteiger partial charge is 0.171 e. The van der Waals surface area contributed by atoms with E-state index in [-0.39, 0.29) is 10.8 Å². The van der Waals surface area contributed by atoms with Crippen LogP contribution in [0.4, 0.5) is 11.4 Å². The van der Waals surface area contributed by atoms with Crippen molar-refractivity contribution in [3.8, 4) is 0 Å². The molecule has 2 aromatic carbocycles. The molecule has 0 amide bonds. The molecule has 0 unspecified atom stereocenters. The molecule has 0 radical (unpaired) electrons. The number of hydrogen-bond acceptors (Lipinski definition) is 4. The van der Waals surface area contributed by atoms with Crippen LogP contribution in [0.5, 0.6) is 0 Å². The molecule has 3 rings (SSSR count). The third-order valence-corrected chi connectivity index (χ3v) is 6.41. The number of nitrogens with one attached hydrogen (secondary N) is 2. The topological polar surface area (TPSA) is 62.4 Å². The summed E-state index contributed by atoms with van der Waals surface area (Å²) < 4.78 is 0. The summed E-state index contributed by atoms with van der Waals surface area (Å²) in [5, 5.41) is 6.90. The highest BCUT2D eigenvalue weighted by atomic mass is 15.1. The Hall–Kier alpha value is -2.75. The van der Waals surface area contributed by atoms with Crippen LogP contribution in [0.2, 0.25) is 0 Å². The van der Waals surface area contributed by atoms with Crippen molar-refractivity contribution >= 4 is 17.1 Å². The molecule has 1 saturated carbocycles. The molecule has 2 aromatic rings. The van der Waals surface area contributed by atoms with Crippen molar-refractivity contribution in [2.75, 3.05) is 10.6 Å². The first kappa shape index (κ1) is 22.9. The fourth-order valence-electron chi connectivity index (χ4n) is 4.26. The number of rotatable bonds is 6. The van der Waals surface area contributed by atoms with Crippen molar-refractivity contribution in [3.63, 3.8) is 0 Å². The van der Waals surface area contributed by atoms with Crippen LogP contribution >= 0.6 is 0 Å². The van der Waals surface area contributed by atoms with E-state index in [9.17, 15) is 0 Å². The summed E-state index contributed by atoms with van der Waals surface area (Å²) in [5.74, 6) is 1.19. The monoisotopic (exact) mass is 418 g/mol. The van der Waals surface area contributed by atoms with Gasteiger partial charge in [-0.25, -0.2) is 4.99 Å². The molecule has 0 aromatic heterocycles. The maximum absolute atomic E-state index is 6.63. The van der Waals surface area contributed by atoms with Gasteiger partial charge in [0.25, 0.3) is 0 Å². The van der Waals surface area contributed by atoms with Gasteiger partial charge in [0, 0.05) is 22.5 Å². The van der Waals surface area contributed by atoms with Gasteiger partial charge in [-0.3, -0.25) is 0 Å². The summed E-state index contributed by atoms with van der Waals surface area (Å²) in [4.78, 5) is 5.05. The van der Waals surface area contributed by atoms with E-state index >= 15 is 0 Å². The first-order chi connectivity index (χ1) is 14.7. The molecule has 1 aliphatic rings. The van der Waals surface area contributed by atoms with Gasteiger partial charge in [-0.05, 0) is 48.9 Å². The number of anilines is 2. The molecule has 0 spiro atoms. The van der Waals surface area contributed by atoms with E-state index in [0.717, 1.165) is 17.1 Å². The lowest BCUT2D eigenvalue weighted by Gasteiger charge is -2.33. The van der Waals surface area contributed by atoms with E-state index in [2.05, 4.69) is 63.5 Å². The molecule has 4 heteroatoms. The van der Waals surface area contributed by atoms with Crippen LogP contribution in [-0.2, 0) is 5.41 Å². The Morgan fingerprint density at radius 2 is 1.52 bits per heavy atom. The summed E-state index contributed by atoms with van der Waals surface area (Å²) in [6.07, 6.45) is 6.21. The number of para-hydroxylation sites is 2. The van der Waals surface area contributed by atoms with Gasteiger partial charge in [-0.1, -0.05) is 83.4 Å². The molecule has 166 valence electrons. The van der Waals surface area contributed by atoms with E-state index in [0.29, 0.717) is 11.6 Å². The first-order valence-electron chi connectivity index (χ1n) is 11.4. The Bertz CT molecular complexity index is 929. The van der Waals surface area contributed by atoms with Crippen molar-refractivity contribution in [1.82, 2.24) is 0 Å². The zero-order chi connectivity index (χ0) is 22.5. The quantitative estimate of drug-likeness (QED) is 0.441. The Labute approximate surface area is 188 Å². The fourth-order valence-corrected chi connectivity index (χ4v) is 4.26. The highest BCUT2D eigenvalue weighted by molar-refractivity contribution is 5.89. The molecular weight excluding hydrogens is 380 g/mol. The van der Waals surface area contributed by atoms with E-state index < -0.39 is 0 Å². The normalized spacial score (nSPS) is 17.6. The molecule has 4 nitrogen and oxygen atoms in total. The second kappa shape index (κ2) is 9.59. The summed E-state index contributed by atoms with van der Waals surface area (Å²) in [6.45, 7) is 11.1. The van der Waals surface area contributed by atoms with Crippen molar-refractivity contribution in [3.05, 3.63) is 71.8 Å². The SMILES string of the molecule is C/C(=N\C(Nc1ccccc1)=C(/N)Nc1ccccc1C(C)(C)C)C1(C)CCCCC1. The van der Waals surface area contributed by atoms with Gasteiger partial charge < -0.3 is 16.4 Å². The number of nitrogens with two attached hydrogens (primary N) is 1. The van der Waals surface area contributed by atoms with Crippen LogP contribution in [0.15, 0.2) is 71.2 Å². The van der Waals surface area contributed by atoms with Gasteiger partial charge >= 0.3 is 0 Å². The van der Waals surface area contributed by atoms with Gasteiger partial charge in [-0.2, -0.15) is 0 Å². The Morgan fingerprint density at radius 1 is 0.903 bits per heavy atom. The molecule has 0 heterocycles. The van der Waals surface area contributed by atoms with Crippen LogP contribution in [0.25, 0.3) is 0 Å². The molecule has 1 aliphatic carbocycles. The predicted octanol–water partition coefficient (Wildman–Crippen LogP) is 7.02. The van der Waals surface area contributed by atoms with E-state index in [4.69, 9.17) is 10.7 Å². The molecule has 0 saturated heterocycles. The Morgan fingerprint density at radius 3 is 2.16 bits per heavy atom. The molecule has 1 fully saturated rings. The van der Waals surface area contributed by atoms with Crippen LogP contribution in [-0.4, -0.2) is 5.71 Å². The lowest BCUT2D eigenvalue weighted by Crippen LogP contribution is -2.29. The Kier molecular flexibility index (Phi) is 7.09. The predicted molar refractivity (Wildman–Crippen MR) is 134 cm³/mol. The third kappa shape index (κ3) is 5.90. The molecule has 0 bridgehead atoms. The average Bonchev–Trinajstić information content (AvgIpc) is 2.74. The van der Waals surface area contributed by atoms with Crippen molar-refractivity contribution in [2.45, 2.75) is 72.1 Å². The third-order valence-electron chi connectivity index (χ3n) is 6.41. The largest absolute Gasteiger partial charge is 0.382 e. The number of benzene rings is 2. The Balaban J connectivity index is 1.99. The van der Waals surface area contributed by atoms with Crippen LogP contribution < -0.4 is 16.4 Å². The van der Waals surface area contributed by atoms with Gasteiger partial charge in [0.15, 0.2) is 5.82 Å². The summed E-state index contributed by atoms with van der Waals surface area (Å²) in [5.41, 5.74) is 11.1.